The van der Waals surface area contributed by atoms with Crippen LogP contribution >= 0.6 is 0 Å². The minimum atomic E-state index is -0.561. The van der Waals surface area contributed by atoms with E-state index in [9.17, 15) is 4.79 Å². The molecule has 0 unspecified atom stereocenters. The fourth-order valence-electron chi connectivity index (χ4n) is 2.33. The molecule has 0 heterocycles. The van der Waals surface area contributed by atoms with Crippen molar-refractivity contribution in [1.29, 1.82) is 0 Å². The van der Waals surface area contributed by atoms with Crippen LogP contribution in [-0.4, -0.2) is 39.4 Å². The molecule has 0 fully saturated rings. The van der Waals surface area contributed by atoms with Gasteiger partial charge in [-0.15, -0.1) is 0 Å². The molecule has 2 aromatic carbocycles. The molecule has 0 saturated carbocycles. The van der Waals surface area contributed by atoms with Gasteiger partial charge in [-0.05, 0) is 42.8 Å². The molecule has 6 nitrogen and oxygen atoms in total. The molecular formula is C20H25NO5. The van der Waals surface area contributed by atoms with Crippen molar-refractivity contribution in [2.45, 2.75) is 19.4 Å². The Hall–Kier alpha value is -2.89. The normalized spacial score (nSPS) is 11.3. The van der Waals surface area contributed by atoms with Crippen LogP contribution in [0.4, 0.5) is 0 Å². The van der Waals surface area contributed by atoms with Crippen molar-refractivity contribution >= 4 is 5.91 Å². The van der Waals surface area contributed by atoms with Crippen LogP contribution in [0.3, 0.4) is 0 Å². The average molecular weight is 359 g/mol. The summed E-state index contributed by atoms with van der Waals surface area (Å²) >= 11 is 0. The molecule has 0 aliphatic rings. The first-order chi connectivity index (χ1) is 12.7. The van der Waals surface area contributed by atoms with Gasteiger partial charge in [0.25, 0.3) is 5.91 Å². The molecule has 1 N–H and O–H groups in total. The Labute approximate surface area is 154 Å². The third kappa shape index (κ3) is 5.58. The number of rotatable bonds is 10. The maximum Gasteiger partial charge on any atom is 0.261 e. The third-order valence-corrected chi connectivity index (χ3v) is 3.73. The van der Waals surface area contributed by atoms with Crippen molar-refractivity contribution in [3.63, 3.8) is 0 Å². The number of benzene rings is 2. The molecule has 6 heteroatoms. The van der Waals surface area contributed by atoms with Gasteiger partial charge in [-0.1, -0.05) is 19.1 Å². The molecule has 0 radical (unpaired) electrons. The Bertz CT molecular complexity index is 687. The lowest BCUT2D eigenvalue weighted by molar-refractivity contribution is -0.128. The predicted molar refractivity (Wildman–Crippen MR) is 99.2 cm³/mol. The second-order valence-electron chi connectivity index (χ2n) is 5.48. The van der Waals surface area contributed by atoms with Crippen molar-refractivity contribution in [3.8, 4) is 23.0 Å². The Morgan fingerprint density at radius 3 is 2.23 bits per heavy atom. The summed E-state index contributed by atoms with van der Waals surface area (Å²) in [6, 6.07) is 14.5. The van der Waals surface area contributed by atoms with Crippen LogP contribution in [0.15, 0.2) is 48.5 Å². The van der Waals surface area contributed by atoms with Gasteiger partial charge in [-0.3, -0.25) is 4.79 Å². The first kappa shape index (κ1) is 19.4. The van der Waals surface area contributed by atoms with Crippen LogP contribution in [0.5, 0.6) is 23.0 Å². The van der Waals surface area contributed by atoms with Gasteiger partial charge < -0.3 is 24.3 Å². The summed E-state index contributed by atoms with van der Waals surface area (Å²) < 4.78 is 21.7. The minimum absolute atomic E-state index is 0.174. The molecule has 0 aliphatic heterocycles. The monoisotopic (exact) mass is 359 g/mol. The Kier molecular flexibility index (Phi) is 7.61. The summed E-state index contributed by atoms with van der Waals surface area (Å²) in [7, 11) is 3.19. The van der Waals surface area contributed by atoms with Crippen LogP contribution in [-0.2, 0) is 4.79 Å². The maximum absolute atomic E-state index is 12.3. The highest BCUT2D eigenvalue weighted by atomic mass is 16.5. The quantitative estimate of drug-likeness (QED) is 0.661. The Balaban J connectivity index is 1.79. The van der Waals surface area contributed by atoms with Gasteiger partial charge in [0.2, 0.25) is 0 Å². The fourth-order valence-corrected chi connectivity index (χ4v) is 2.33. The van der Waals surface area contributed by atoms with Crippen LogP contribution in [0.25, 0.3) is 0 Å². The largest absolute Gasteiger partial charge is 0.497 e. The highest BCUT2D eigenvalue weighted by molar-refractivity contribution is 5.81. The van der Waals surface area contributed by atoms with Gasteiger partial charge in [0, 0.05) is 0 Å². The molecule has 0 aliphatic carbocycles. The second kappa shape index (κ2) is 10.2. The van der Waals surface area contributed by atoms with Crippen LogP contribution in [0.2, 0.25) is 0 Å². The zero-order valence-corrected chi connectivity index (χ0v) is 15.4. The van der Waals surface area contributed by atoms with Gasteiger partial charge in [0.1, 0.15) is 18.1 Å². The summed E-state index contributed by atoms with van der Waals surface area (Å²) in [6.45, 7) is 2.61. The number of nitrogens with one attached hydrogen (secondary N) is 1. The van der Waals surface area contributed by atoms with Crippen molar-refractivity contribution in [1.82, 2.24) is 5.32 Å². The van der Waals surface area contributed by atoms with E-state index >= 15 is 0 Å². The first-order valence-electron chi connectivity index (χ1n) is 8.52. The first-order valence-corrected chi connectivity index (χ1v) is 8.52. The molecular weight excluding hydrogens is 334 g/mol. The summed E-state index contributed by atoms with van der Waals surface area (Å²) in [4.78, 5) is 12.3. The number of hydrogen-bond donors (Lipinski definition) is 1. The molecule has 0 saturated heterocycles. The molecule has 140 valence electrons. The predicted octanol–water partition coefficient (Wildman–Crippen LogP) is 3.06. The van der Waals surface area contributed by atoms with Gasteiger partial charge in [-0.2, -0.15) is 0 Å². The van der Waals surface area contributed by atoms with E-state index in [-0.39, 0.29) is 5.91 Å². The average Bonchev–Trinajstić information content (AvgIpc) is 2.69. The summed E-state index contributed by atoms with van der Waals surface area (Å²) in [5.41, 5.74) is 0. The second-order valence-corrected chi connectivity index (χ2v) is 5.48. The van der Waals surface area contributed by atoms with Gasteiger partial charge in [0.15, 0.2) is 17.6 Å². The fraction of sp³-hybridized carbons (Fsp3) is 0.350. The van der Waals surface area contributed by atoms with Crippen molar-refractivity contribution < 1.29 is 23.7 Å². The van der Waals surface area contributed by atoms with Crippen molar-refractivity contribution in [3.05, 3.63) is 48.5 Å². The van der Waals surface area contributed by atoms with Gasteiger partial charge >= 0.3 is 0 Å². The van der Waals surface area contributed by atoms with Crippen LogP contribution < -0.4 is 24.3 Å². The molecule has 2 rings (SSSR count). The highest BCUT2D eigenvalue weighted by Crippen LogP contribution is 2.25. The molecule has 0 spiro atoms. The Morgan fingerprint density at radius 2 is 1.62 bits per heavy atom. The number of ether oxygens (including phenoxy) is 4. The van der Waals surface area contributed by atoms with E-state index in [1.54, 1.807) is 38.5 Å². The molecule has 2 aromatic rings. The van der Waals surface area contributed by atoms with E-state index in [0.29, 0.717) is 36.8 Å². The molecule has 0 aromatic heterocycles. The van der Waals surface area contributed by atoms with Crippen LogP contribution in [0, 0.1) is 0 Å². The van der Waals surface area contributed by atoms with E-state index in [2.05, 4.69) is 5.32 Å². The standard InChI is InChI=1S/C20H25NO5/c1-4-17(26-16-11-9-15(23-2)10-12-16)20(22)21-13-14-25-19-8-6-5-7-18(19)24-3/h5-12,17H,4,13-14H2,1-3H3,(H,21,22)/t17-/m1/s1. The minimum Gasteiger partial charge on any atom is -0.497 e. The number of hydrogen-bond acceptors (Lipinski definition) is 5. The lowest BCUT2D eigenvalue weighted by atomic mass is 10.2. The van der Waals surface area contributed by atoms with E-state index in [1.807, 2.05) is 31.2 Å². The lowest BCUT2D eigenvalue weighted by Crippen LogP contribution is -2.39. The van der Waals surface area contributed by atoms with E-state index in [1.165, 1.54) is 0 Å². The van der Waals surface area contributed by atoms with Gasteiger partial charge in [0.05, 0.1) is 20.8 Å². The maximum atomic E-state index is 12.3. The summed E-state index contributed by atoms with van der Waals surface area (Å²) in [6.07, 6.45) is 0.000238. The van der Waals surface area contributed by atoms with Crippen molar-refractivity contribution in [2.75, 3.05) is 27.4 Å². The van der Waals surface area contributed by atoms with Crippen LogP contribution in [0.1, 0.15) is 13.3 Å². The van der Waals surface area contributed by atoms with E-state index in [0.717, 1.165) is 5.75 Å². The topological polar surface area (TPSA) is 66.0 Å². The zero-order chi connectivity index (χ0) is 18.8. The molecule has 0 bridgehead atoms. The Morgan fingerprint density at radius 1 is 0.962 bits per heavy atom. The SMILES string of the molecule is CC[C@@H](Oc1ccc(OC)cc1)C(=O)NCCOc1ccccc1OC. The summed E-state index contributed by atoms with van der Waals surface area (Å²) in [5.74, 6) is 2.49. The number of carbonyl (C=O) groups is 1. The highest BCUT2D eigenvalue weighted by Gasteiger charge is 2.18. The molecule has 26 heavy (non-hydrogen) atoms. The lowest BCUT2D eigenvalue weighted by Gasteiger charge is -2.18. The number of carbonyl (C=O) groups excluding carboxylic acids is 1. The van der Waals surface area contributed by atoms with E-state index in [4.69, 9.17) is 18.9 Å². The summed E-state index contributed by atoms with van der Waals surface area (Å²) in [5, 5.41) is 2.83. The molecule has 1 atom stereocenters. The number of amides is 1. The third-order valence-electron chi connectivity index (χ3n) is 3.73. The van der Waals surface area contributed by atoms with Gasteiger partial charge in [-0.25, -0.2) is 0 Å². The van der Waals surface area contributed by atoms with E-state index < -0.39 is 6.10 Å². The number of methoxy groups -OCH3 is 2. The number of para-hydroxylation sites is 2. The zero-order valence-electron chi connectivity index (χ0n) is 15.4. The molecule has 1 amide bonds. The van der Waals surface area contributed by atoms with Crippen molar-refractivity contribution in [2.24, 2.45) is 0 Å². The smallest absolute Gasteiger partial charge is 0.261 e.